The number of fused-ring (bicyclic) bond motifs is 2. The summed E-state index contributed by atoms with van der Waals surface area (Å²) in [6.07, 6.45) is 1.51. The van der Waals surface area contributed by atoms with Gasteiger partial charge in [0.1, 0.15) is 5.92 Å². The number of hydrogen-bond donors (Lipinski definition) is 1. The van der Waals surface area contributed by atoms with Crippen molar-refractivity contribution >= 4 is 55.0 Å². The molecule has 4 rings (SSSR count). The molecule has 28 heavy (non-hydrogen) atoms. The molecule has 7 nitrogen and oxygen atoms in total. The monoisotopic (exact) mass is 416 g/mol. The molecule has 9 heteroatoms. The number of hydrogen-bond acceptors (Lipinski definition) is 8. The number of anilines is 2. The summed E-state index contributed by atoms with van der Waals surface area (Å²) < 4.78 is 6.21. The highest BCUT2D eigenvalue weighted by molar-refractivity contribution is 7.22. The maximum atomic E-state index is 12.5. The summed E-state index contributed by atoms with van der Waals surface area (Å²) in [7, 11) is 1.84. The number of nitrogens with one attached hydrogen (secondary N) is 1. The first-order valence-electron chi connectivity index (χ1n) is 9.08. The molecule has 1 aromatic carbocycles. The maximum absolute atomic E-state index is 12.5. The van der Waals surface area contributed by atoms with Crippen molar-refractivity contribution in [3.05, 3.63) is 34.8 Å². The first-order chi connectivity index (χ1) is 13.5. The van der Waals surface area contributed by atoms with E-state index >= 15 is 0 Å². The van der Waals surface area contributed by atoms with Gasteiger partial charge in [-0.3, -0.25) is 9.59 Å². The molecule has 1 N–H and O–H groups in total. The second-order valence-electron chi connectivity index (χ2n) is 6.54. The Morgan fingerprint density at radius 2 is 2.11 bits per heavy atom. The normalized spacial score (nSPS) is 15.4. The molecule has 1 aliphatic carbocycles. The van der Waals surface area contributed by atoms with Crippen LogP contribution in [0.4, 0.5) is 10.3 Å². The Balaban J connectivity index is 1.40. The van der Waals surface area contributed by atoms with Crippen LogP contribution in [0.15, 0.2) is 24.3 Å². The van der Waals surface area contributed by atoms with Gasteiger partial charge in [0.2, 0.25) is 5.91 Å². The summed E-state index contributed by atoms with van der Waals surface area (Å²) in [4.78, 5) is 36.4. The highest BCUT2D eigenvalue weighted by Gasteiger charge is 2.33. The van der Waals surface area contributed by atoms with Gasteiger partial charge in [-0.15, -0.1) is 11.3 Å². The van der Waals surface area contributed by atoms with Gasteiger partial charge in [-0.25, -0.2) is 9.97 Å². The molecule has 0 aliphatic heterocycles. The lowest BCUT2D eigenvalue weighted by molar-refractivity contribution is -0.145. The van der Waals surface area contributed by atoms with Gasteiger partial charge in [0.25, 0.3) is 0 Å². The number of benzene rings is 1. The van der Waals surface area contributed by atoms with Crippen LogP contribution in [-0.4, -0.2) is 42.0 Å². The molecule has 0 bridgehead atoms. The molecule has 0 spiro atoms. The number of likely N-dealkylation sites (N-methyl/N-ethyl adjacent to an activating group) is 1. The summed E-state index contributed by atoms with van der Waals surface area (Å²) in [5, 5.41) is 4.17. The number of ether oxygens (including phenoxy) is 1. The molecule has 1 atom stereocenters. The summed E-state index contributed by atoms with van der Waals surface area (Å²) in [5.74, 6) is -0.718. The number of carbonyl (C=O) groups is 2. The average Bonchev–Trinajstić information content (AvgIpc) is 3.34. The van der Waals surface area contributed by atoms with Crippen molar-refractivity contribution < 1.29 is 14.3 Å². The minimum Gasteiger partial charge on any atom is -0.465 e. The van der Waals surface area contributed by atoms with Gasteiger partial charge < -0.3 is 15.0 Å². The quantitative estimate of drug-likeness (QED) is 0.620. The van der Waals surface area contributed by atoms with Gasteiger partial charge >= 0.3 is 5.97 Å². The number of carbonyl (C=O) groups excluding carboxylic acids is 2. The molecule has 0 saturated carbocycles. The van der Waals surface area contributed by atoms with Gasteiger partial charge in [-0.2, -0.15) is 0 Å². The van der Waals surface area contributed by atoms with Gasteiger partial charge in [-0.05, 0) is 31.9 Å². The zero-order valence-corrected chi connectivity index (χ0v) is 17.2. The third kappa shape index (κ3) is 3.72. The fourth-order valence-corrected chi connectivity index (χ4v) is 5.20. The molecule has 2 aromatic heterocycles. The standard InChI is InChI=1S/C19H20N4O3S2/c1-3-26-17(25)11-8-9-14-16(11)22-18(27-14)21-15(24)10-23(2)19-20-12-6-4-5-7-13(12)28-19/h4-7,11H,3,8-10H2,1-2H3,(H,21,22,24). The van der Waals surface area contributed by atoms with Gasteiger partial charge in [0, 0.05) is 11.9 Å². The zero-order chi connectivity index (χ0) is 19.7. The SMILES string of the molecule is CCOC(=O)C1CCc2sc(NC(=O)CN(C)c3nc4ccccc4s3)nc21. The molecule has 1 aliphatic rings. The van der Waals surface area contributed by atoms with Gasteiger partial charge in [0.05, 0.1) is 29.1 Å². The molecule has 0 fully saturated rings. The van der Waals surface area contributed by atoms with Crippen LogP contribution in [0.5, 0.6) is 0 Å². The van der Waals surface area contributed by atoms with E-state index in [1.54, 1.807) is 18.3 Å². The molecular formula is C19H20N4O3S2. The van der Waals surface area contributed by atoms with E-state index in [2.05, 4.69) is 15.3 Å². The molecule has 1 unspecified atom stereocenters. The van der Waals surface area contributed by atoms with E-state index in [1.807, 2.05) is 36.2 Å². The minimum atomic E-state index is -0.317. The van der Waals surface area contributed by atoms with Crippen molar-refractivity contribution in [2.75, 3.05) is 30.4 Å². The highest BCUT2D eigenvalue weighted by Crippen LogP contribution is 2.39. The van der Waals surface area contributed by atoms with Crippen molar-refractivity contribution in [3.8, 4) is 0 Å². The van der Waals surface area contributed by atoms with Crippen LogP contribution in [0.1, 0.15) is 29.8 Å². The molecule has 0 saturated heterocycles. The summed E-state index contributed by atoms with van der Waals surface area (Å²) >= 11 is 2.99. The second kappa shape index (κ2) is 7.84. The molecule has 146 valence electrons. The zero-order valence-electron chi connectivity index (χ0n) is 15.6. The van der Waals surface area contributed by atoms with Crippen LogP contribution >= 0.6 is 22.7 Å². The van der Waals surface area contributed by atoms with E-state index in [9.17, 15) is 9.59 Å². The van der Waals surface area contributed by atoms with E-state index in [4.69, 9.17) is 4.74 Å². The summed E-state index contributed by atoms with van der Waals surface area (Å²) in [5.41, 5.74) is 1.68. The van der Waals surface area contributed by atoms with Crippen molar-refractivity contribution in [1.82, 2.24) is 9.97 Å². The Morgan fingerprint density at radius 1 is 1.29 bits per heavy atom. The van der Waals surface area contributed by atoms with Crippen LogP contribution in [-0.2, 0) is 20.7 Å². The number of rotatable bonds is 6. The number of para-hydroxylation sites is 1. The smallest absolute Gasteiger partial charge is 0.315 e. The second-order valence-corrected chi connectivity index (χ2v) is 8.63. The van der Waals surface area contributed by atoms with Crippen molar-refractivity contribution in [2.45, 2.75) is 25.7 Å². The van der Waals surface area contributed by atoms with Crippen LogP contribution in [0, 0.1) is 0 Å². The fraction of sp³-hybridized carbons (Fsp3) is 0.368. The van der Waals surface area contributed by atoms with Crippen LogP contribution in [0.2, 0.25) is 0 Å². The average molecular weight is 417 g/mol. The van der Waals surface area contributed by atoms with Crippen molar-refractivity contribution in [1.29, 1.82) is 0 Å². The lowest BCUT2D eigenvalue weighted by atomic mass is 10.1. The molecular weight excluding hydrogens is 396 g/mol. The molecule has 2 heterocycles. The number of nitrogens with zero attached hydrogens (tertiary/aromatic N) is 3. The maximum Gasteiger partial charge on any atom is 0.315 e. The van der Waals surface area contributed by atoms with E-state index in [-0.39, 0.29) is 24.3 Å². The minimum absolute atomic E-state index is 0.165. The summed E-state index contributed by atoms with van der Waals surface area (Å²) in [6, 6.07) is 7.90. The topological polar surface area (TPSA) is 84.4 Å². The Hall–Kier alpha value is -2.52. The lowest BCUT2D eigenvalue weighted by Crippen LogP contribution is -2.30. The van der Waals surface area contributed by atoms with E-state index in [0.717, 1.165) is 38.8 Å². The number of esters is 1. The van der Waals surface area contributed by atoms with Crippen LogP contribution in [0.25, 0.3) is 10.2 Å². The molecule has 1 amide bonds. The Bertz CT molecular complexity index is 996. The van der Waals surface area contributed by atoms with Gasteiger partial charge in [-0.1, -0.05) is 23.5 Å². The van der Waals surface area contributed by atoms with Crippen LogP contribution < -0.4 is 10.2 Å². The third-order valence-corrected chi connectivity index (χ3v) is 6.72. The molecule has 3 aromatic rings. The first-order valence-corrected chi connectivity index (χ1v) is 10.7. The highest BCUT2D eigenvalue weighted by atomic mass is 32.1. The Kier molecular flexibility index (Phi) is 5.27. The summed E-state index contributed by atoms with van der Waals surface area (Å²) in [6.45, 7) is 2.32. The third-order valence-electron chi connectivity index (χ3n) is 4.53. The van der Waals surface area contributed by atoms with Crippen LogP contribution in [0.3, 0.4) is 0 Å². The molecule has 0 radical (unpaired) electrons. The Morgan fingerprint density at radius 3 is 2.89 bits per heavy atom. The van der Waals surface area contributed by atoms with E-state index in [1.165, 1.54) is 11.3 Å². The Labute approximate surface area is 170 Å². The fourth-order valence-electron chi connectivity index (χ4n) is 3.22. The van der Waals surface area contributed by atoms with E-state index < -0.39 is 0 Å². The number of aromatic nitrogens is 2. The van der Waals surface area contributed by atoms with Crippen molar-refractivity contribution in [2.24, 2.45) is 0 Å². The predicted molar refractivity (Wildman–Crippen MR) is 111 cm³/mol. The van der Waals surface area contributed by atoms with Crippen molar-refractivity contribution in [3.63, 3.8) is 0 Å². The van der Waals surface area contributed by atoms with E-state index in [0.29, 0.717) is 11.7 Å². The lowest BCUT2D eigenvalue weighted by Gasteiger charge is -2.14. The number of aryl methyl sites for hydroxylation is 1. The van der Waals surface area contributed by atoms with Gasteiger partial charge in [0.15, 0.2) is 10.3 Å². The first kappa shape index (κ1) is 18.8. The largest absolute Gasteiger partial charge is 0.465 e. The number of amides is 1. The predicted octanol–water partition coefficient (Wildman–Crippen LogP) is 3.42. The number of thiazole rings is 2.